The minimum Gasteiger partial charge on any atom is -0.490 e. The molecule has 0 saturated carbocycles. The minimum atomic E-state index is 0.233. The molecule has 1 aliphatic heterocycles. The molecule has 0 saturated heterocycles. The van der Waals surface area contributed by atoms with Crippen molar-refractivity contribution < 1.29 is 14.8 Å². The Labute approximate surface area is 143 Å². The van der Waals surface area contributed by atoms with Crippen molar-refractivity contribution in [3.8, 4) is 17.6 Å². The molecule has 4 nitrogen and oxygen atoms in total. The van der Waals surface area contributed by atoms with Crippen molar-refractivity contribution in [2.24, 2.45) is 0 Å². The van der Waals surface area contributed by atoms with E-state index < -0.39 is 0 Å². The summed E-state index contributed by atoms with van der Waals surface area (Å²) in [4.78, 5) is 0. The van der Waals surface area contributed by atoms with E-state index in [-0.39, 0.29) is 6.04 Å². The van der Waals surface area contributed by atoms with Gasteiger partial charge >= 0.3 is 0 Å². The Kier molecular flexibility index (Phi) is 5.02. The molecule has 0 unspecified atom stereocenters. The van der Waals surface area contributed by atoms with Crippen LogP contribution in [0.3, 0.4) is 0 Å². The molecule has 0 aliphatic carbocycles. The van der Waals surface area contributed by atoms with Gasteiger partial charge in [0.1, 0.15) is 6.04 Å². The SMILES string of the molecule is CCOc1cc2c(cc1OCC)[C@H](c1ccc(C#N)cc1)[NH2+]CC2. The molecule has 0 bridgehead atoms. The highest BCUT2D eigenvalue weighted by Gasteiger charge is 2.27. The summed E-state index contributed by atoms with van der Waals surface area (Å²) < 4.78 is 11.6. The molecule has 4 heteroatoms. The van der Waals surface area contributed by atoms with Crippen LogP contribution in [-0.4, -0.2) is 19.8 Å². The minimum absolute atomic E-state index is 0.233. The van der Waals surface area contributed by atoms with Crippen LogP contribution in [0.15, 0.2) is 36.4 Å². The van der Waals surface area contributed by atoms with Crippen LogP contribution in [0.5, 0.6) is 11.5 Å². The third kappa shape index (κ3) is 3.22. The third-order valence-electron chi connectivity index (χ3n) is 4.36. The van der Waals surface area contributed by atoms with Crippen LogP contribution < -0.4 is 14.8 Å². The zero-order chi connectivity index (χ0) is 16.9. The maximum absolute atomic E-state index is 8.98. The van der Waals surface area contributed by atoms with Gasteiger partial charge in [0.05, 0.1) is 31.4 Å². The van der Waals surface area contributed by atoms with Crippen LogP contribution in [0.2, 0.25) is 0 Å². The van der Waals surface area contributed by atoms with Crippen LogP contribution in [0.1, 0.15) is 42.1 Å². The third-order valence-corrected chi connectivity index (χ3v) is 4.36. The van der Waals surface area contributed by atoms with Crippen LogP contribution in [-0.2, 0) is 6.42 Å². The first kappa shape index (κ1) is 16.4. The van der Waals surface area contributed by atoms with Gasteiger partial charge in [0.2, 0.25) is 0 Å². The van der Waals surface area contributed by atoms with Gasteiger partial charge in [-0.2, -0.15) is 5.26 Å². The van der Waals surface area contributed by atoms with Gasteiger partial charge in [-0.25, -0.2) is 0 Å². The summed E-state index contributed by atoms with van der Waals surface area (Å²) in [5, 5.41) is 11.3. The van der Waals surface area contributed by atoms with Gasteiger partial charge in [-0.15, -0.1) is 0 Å². The van der Waals surface area contributed by atoms with Gasteiger partial charge in [0, 0.05) is 17.5 Å². The molecular formula is C20H23N2O2+. The summed E-state index contributed by atoms with van der Waals surface area (Å²) in [5.41, 5.74) is 4.50. The second-order valence-corrected chi connectivity index (χ2v) is 5.85. The average molecular weight is 323 g/mol. The van der Waals surface area contributed by atoms with E-state index >= 15 is 0 Å². The smallest absolute Gasteiger partial charge is 0.161 e. The number of hydrogen-bond donors (Lipinski definition) is 1. The van der Waals surface area contributed by atoms with E-state index in [1.807, 2.05) is 38.1 Å². The van der Waals surface area contributed by atoms with Gasteiger partial charge in [0.25, 0.3) is 0 Å². The van der Waals surface area contributed by atoms with Gasteiger partial charge < -0.3 is 14.8 Å². The summed E-state index contributed by atoms with van der Waals surface area (Å²) in [6, 6.07) is 14.5. The molecule has 1 aliphatic rings. The normalized spacial score (nSPS) is 16.1. The number of nitrogens with two attached hydrogens (primary N) is 1. The molecule has 124 valence electrons. The van der Waals surface area contributed by atoms with Crippen molar-refractivity contribution >= 4 is 0 Å². The predicted octanol–water partition coefficient (Wildman–Crippen LogP) is 2.56. The lowest BCUT2D eigenvalue weighted by Crippen LogP contribution is -2.87. The Morgan fingerprint density at radius 1 is 1.08 bits per heavy atom. The van der Waals surface area contributed by atoms with Crippen molar-refractivity contribution in [1.29, 1.82) is 5.26 Å². The van der Waals surface area contributed by atoms with Crippen LogP contribution in [0.25, 0.3) is 0 Å². The molecular weight excluding hydrogens is 300 g/mol. The fraction of sp³-hybridized carbons (Fsp3) is 0.350. The van der Waals surface area contributed by atoms with E-state index in [9.17, 15) is 0 Å². The Bertz CT molecular complexity index is 747. The maximum Gasteiger partial charge on any atom is 0.161 e. The molecule has 3 rings (SSSR count). The summed E-state index contributed by atoms with van der Waals surface area (Å²) in [5.74, 6) is 1.64. The summed E-state index contributed by atoms with van der Waals surface area (Å²) in [6.45, 7) is 6.26. The van der Waals surface area contributed by atoms with Gasteiger partial charge in [-0.3, -0.25) is 0 Å². The first-order valence-corrected chi connectivity index (χ1v) is 8.52. The van der Waals surface area contributed by atoms with E-state index in [0.717, 1.165) is 24.5 Å². The largest absolute Gasteiger partial charge is 0.490 e. The Morgan fingerprint density at radius 3 is 2.38 bits per heavy atom. The molecule has 0 aromatic heterocycles. The van der Waals surface area contributed by atoms with Crippen LogP contribution in [0, 0.1) is 11.3 Å². The Balaban J connectivity index is 2.01. The quantitative estimate of drug-likeness (QED) is 0.920. The number of nitrogens with zero attached hydrogens (tertiary/aromatic N) is 1. The highest BCUT2D eigenvalue weighted by molar-refractivity contribution is 5.50. The van der Waals surface area contributed by atoms with E-state index in [1.54, 1.807) is 0 Å². The second kappa shape index (κ2) is 7.37. The molecule has 2 N–H and O–H groups in total. The first-order chi connectivity index (χ1) is 11.8. The zero-order valence-corrected chi connectivity index (χ0v) is 14.2. The first-order valence-electron chi connectivity index (χ1n) is 8.52. The topological polar surface area (TPSA) is 58.9 Å². The molecule has 0 radical (unpaired) electrons. The molecule has 2 aromatic carbocycles. The second-order valence-electron chi connectivity index (χ2n) is 5.85. The van der Waals surface area contributed by atoms with Gasteiger partial charge in [-0.05, 0) is 43.7 Å². The summed E-state index contributed by atoms with van der Waals surface area (Å²) >= 11 is 0. The lowest BCUT2D eigenvalue weighted by molar-refractivity contribution is -0.690. The monoisotopic (exact) mass is 323 g/mol. The van der Waals surface area contributed by atoms with E-state index in [2.05, 4.69) is 23.5 Å². The average Bonchev–Trinajstić information content (AvgIpc) is 2.62. The molecule has 0 fully saturated rings. The summed E-state index contributed by atoms with van der Waals surface area (Å²) in [6.07, 6.45) is 1.02. The highest BCUT2D eigenvalue weighted by Crippen LogP contribution is 2.36. The summed E-state index contributed by atoms with van der Waals surface area (Å²) in [7, 11) is 0. The molecule has 0 spiro atoms. The van der Waals surface area contributed by atoms with Crippen molar-refractivity contribution in [2.75, 3.05) is 19.8 Å². The fourth-order valence-corrected chi connectivity index (χ4v) is 3.27. The van der Waals surface area contributed by atoms with Gasteiger partial charge in [-0.1, -0.05) is 12.1 Å². The lowest BCUT2D eigenvalue weighted by atomic mass is 9.89. The van der Waals surface area contributed by atoms with Crippen molar-refractivity contribution in [3.05, 3.63) is 58.7 Å². The molecule has 1 atom stereocenters. The molecule has 1 heterocycles. The molecule has 0 amide bonds. The van der Waals surface area contributed by atoms with Crippen molar-refractivity contribution in [2.45, 2.75) is 26.3 Å². The number of rotatable bonds is 5. The number of ether oxygens (including phenoxy) is 2. The number of benzene rings is 2. The molecule has 24 heavy (non-hydrogen) atoms. The molecule has 2 aromatic rings. The van der Waals surface area contributed by atoms with E-state index in [1.165, 1.54) is 16.7 Å². The van der Waals surface area contributed by atoms with E-state index in [4.69, 9.17) is 14.7 Å². The number of fused-ring (bicyclic) bond motifs is 1. The van der Waals surface area contributed by atoms with Crippen molar-refractivity contribution in [1.82, 2.24) is 0 Å². The van der Waals surface area contributed by atoms with Crippen LogP contribution in [0.4, 0.5) is 0 Å². The predicted molar refractivity (Wildman–Crippen MR) is 92.3 cm³/mol. The number of quaternary nitrogens is 1. The standard InChI is InChI=1S/C20H22N2O2/c1-3-23-18-11-16-9-10-22-20(17(16)12-19(18)24-4-2)15-7-5-14(13-21)6-8-15/h5-8,11-12,20,22H,3-4,9-10H2,1-2H3/p+1/t20-/m0/s1. The fourth-order valence-electron chi connectivity index (χ4n) is 3.27. The van der Waals surface area contributed by atoms with Crippen LogP contribution >= 0.6 is 0 Å². The lowest BCUT2D eigenvalue weighted by Gasteiger charge is -2.26. The van der Waals surface area contributed by atoms with E-state index in [0.29, 0.717) is 18.8 Å². The van der Waals surface area contributed by atoms with Gasteiger partial charge in [0.15, 0.2) is 11.5 Å². The Morgan fingerprint density at radius 2 is 1.75 bits per heavy atom. The number of hydrogen-bond acceptors (Lipinski definition) is 3. The Hall–Kier alpha value is -2.51. The number of nitriles is 1. The maximum atomic E-state index is 8.98. The van der Waals surface area contributed by atoms with Crippen molar-refractivity contribution in [3.63, 3.8) is 0 Å². The highest BCUT2D eigenvalue weighted by atomic mass is 16.5. The zero-order valence-electron chi connectivity index (χ0n) is 14.2.